The molecule has 2 N–H and O–H groups in total. The third kappa shape index (κ3) is 4.55. The fourth-order valence-electron chi connectivity index (χ4n) is 2.43. The summed E-state index contributed by atoms with van der Waals surface area (Å²) in [6.45, 7) is 2.38. The number of halogens is 3. The SMILES string of the molecule is CC(NC(=O)C1(C)CCNC1)c1cccc(OC(F)F)c1.Cl. The molecular formula is C15H21ClF2N2O2. The summed E-state index contributed by atoms with van der Waals surface area (Å²) in [6.07, 6.45) is 0.792. The van der Waals surface area contributed by atoms with Crippen LogP contribution in [0.3, 0.4) is 0 Å². The van der Waals surface area contributed by atoms with Gasteiger partial charge in [-0.15, -0.1) is 12.4 Å². The van der Waals surface area contributed by atoms with Gasteiger partial charge in [0, 0.05) is 6.54 Å². The zero-order chi connectivity index (χ0) is 15.5. The molecule has 124 valence electrons. The zero-order valence-electron chi connectivity index (χ0n) is 12.6. The molecular weight excluding hydrogens is 314 g/mol. The minimum Gasteiger partial charge on any atom is -0.435 e. The number of benzene rings is 1. The fourth-order valence-corrected chi connectivity index (χ4v) is 2.43. The first-order valence-electron chi connectivity index (χ1n) is 6.97. The smallest absolute Gasteiger partial charge is 0.387 e. The molecule has 0 bridgehead atoms. The topological polar surface area (TPSA) is 50.4 Å². The highest BCUT2D eigenvalue weighted by atomic mass is 35.5. The van der Waals surface area contributed by atoms with E-state index in [1.54, 1.807) is 12.1 Å². The fraction of sp³-hybridized carbons (Fsp3) is 0.533. The van der Waals surface area contributed by atoms with Gasteiger partial charge in [-0.1, -0.05) is 12.1 Å². The zero-order valence-corrected chi connectivity index (χ0v) is 13.4. The van der Waals surface area contributed by atoms with E-state index in [2.05, 4.69) is 15.4 Å². The van der Waals surface area contributed by atoms with Crippen molar-refractivity contribution in [3.05, 3.63) is 29.8 Å². The number of hydrogen-bond donors (Lipinski definition) is 2. The van der Waals surface area contributed by atoms with E-state index in [0.717, 1.165) is 18.5 Å². The normalized spacial score (nSPS) is 22.0. The number of ether oxygens (including phenoxy) is 1. The second-order valence-electron chi connectivity index (χ2n) is 5.63. The Hall–Kier alpha value is -1.40. The van der Waals surface area contributed by atoms with Crippen molar-refractivity contribution in [3.63, 3.8) is 0 Å². The van der Waals surface area contributed by atoms with E-state index in [9.17, 15) is 13.6 Å². The van der Waals surface area contributed by atoms with Crippen molar-refractivity contribution in [1.82, 2.24) is 10.6 Å². The van der Waals surface area contributed by atoms with E-state index >= 15 is 0 Å². The maximum atomic E-state index is 12.3. The monoisotopic (exact) mass is 334 g/mol. The summed E-state index contributed by atoms with van der Waals surface area (Å²) in [5.41, 5.74) is 0.321. The van der Waals surface area contributed by atoms with Gasteiger partial charge in [0.25, 0.3) is 0 Å². The highest BCUT2D eigenvalue weighted by molar-refractivity contribution is 5.85. The Labute approximate surface area is 135 Å². The summed E-state index contributed by atoms with van der Waals surface area (Å²) < 4.78 is 28.8. The van der Waals surface area contributed by atoms with Crippen LogP contribution in [0.25, 0.3) is 0 Å². The van der Waals surface area contributed by atoms with Crippen LogP contribution in [0.1, 0.15) is 31.9 Å². The molecule has 1 fully saturated rings. The Morgan fingerprint density at radius 2 is 2.18 bits per heavy atom. The van der Waals surface area contributed by atoms with Crippen molar-refractivity contribution in [2.45, 2.75) is 32.9 Å². The molecule has 4 nitrogen and oxygen atoms in total. The van der Waals surface area contributed by atoms with Gasteiger partial charge >= 0.3 is 6.61 Å². The maximum Gasteiger partial charge on any atom is 0.387 e. The van der Waals surface area contributed by atoms with Crippen LogP contribution >= 0.6 is 12.4 Å². The van der Waals surface area contributed by atoms with Gasteiger partial charge in [0.2, 0.25) is 5.91 Å². The van der Waals surface area contributed by atoms with Gasteiger partial charge in [0.05, 0.1) is 11.5 Å². The lowest BCUT2D eigenvalue weighted by Gasteiger charge is -2.25. The summed E-state index contributed by atoms with van der Waals surface area (Å²) in [6, 6.07) is 6.13. The first-order valence-corrected chi connectivity index (χ1v) is 6.97. The van der Waals surface area contributed by atoms with Gasteiger partial charge in [-0.2, -0.15) is 8.78 Å². The van der Waals surface area contributed by atoms with Gasteiger partial charge in [-0.3, -0.25) is 4.79 Å². The lowest BCUT2D eigenvalue weighted by atomic mass is 9.88. The van der Waals surface area contributed by atoms with Crippen LogP contribution in [0.5, 0.6) is 5.75 Å². The minimum absolute atomic E-state index is 0. The van der Waals surface area contributed by atoms with Gasteiger partial charge in [0.15, 0.2) is 0 Å². The van der Waals surface area contributed by atoms with Crippen molar-refractivity contribution in [2.24, 2.45) is 5.41 Å². The number of amides is 1. The molecule has 1 amide bonds. The Kier molecular flexibility index (Phi) is 6.56. The molecule has 22 heavy (non-hydrogen) atoms. The molecule has 1 heterocycles. The number of hydrogen-bond acceptors (Lipinski definition) is 3. The highest BCUT2D eigenvalue weighted by Gasteiger charge is 2.36. The standard InChI is InChI=1S/C15H20F2N2O2.ClH/c1-10(19-13(20)15(2)6-7-18-9-15)11-4-3-5-12(8-11)21-14(16)17;/h3-5,8,10,14,18H,6-7,9H2,1-2H3,(H,19,20);1H. The number of alkyl halides is 2. The van der Waals surface area contributed by atoms with Crippen molar-refractivity contribution in [1.29, 1.82) is 0 Å². The molecule has 0 saturated carbocycles. The third-order valence-corrected chi connectivity index (χ3v) is 3.85. The van der Waals surface area contributed by atoms with Crippen molar-refractivity contribution < 1.29 is 18.3 Å². The molecule has 0 aliphatic carbocycles. The number of nitrogens with one attached hydrogen (secondary N) is 2. The Morgan fingerprint density at radius 1 is 1.45 bits per heavy atom. The summed E-state index contributed by atoms with van der Waals surface area (Å²) in [4.78, 5) is 12.3. The highest BCUT2D eigenvalue weighted by Crippen LogP contribution is 2.27. The molecule has 1 saturated heterocycles. The van der Waals surface area contributed by atoms with Crippen molar-refractivity contribution in [3.8, 4) is 5.75 Å². The van der Waals surface area contributed by atoms with Crippen LogP contribution in [0.15, 0.2) is 24.3 Å². The van der Waals surface area contributed by atoms with E-state index in [0.29, 0.717) is 6.54 Å². The average molecular weight is 335 g/mol. The van der Waals surface area contributed by atoms with E-state index in [1.807, 2.05) is 13.8 Å². The lowest BCUT2D eigenvalue weighted by molar-refractivity contribution is -0.129. The molecule has 0 radical (unpaired) electrons. The molecule has 1 aliphatic rings. The number of carbonyl (C=O) groups excluding carboxylic acids is 1. The molecule has 1 aliphatic heterocycles. The van der Waals surface area contributed by atoms with Crippen LogP contribution in [0, 0.1) is 5.41 Å². The summed E-state index contributed by atoms with van der Waals surface area (Å²) in [7, 11) is 0. The average Bonchev–Trinajstić information content (AvgIpc) is 2.86. The molecule has 1 aromatic rings. The second-order valence-corrected chi connectivity index (χ2v) is 5.63. The minimum atomic E-state index is -2.85. The molecule has 7 heteroatoms. The van der Waals surface area contributed by atoms with Crippen LogP contribution in [-0.2, 0) is 4.79 Å². The van der Waals surface area contributed by atoms with Gasteiger partial charge in [-0.05, 0) is 44.5 Å². The number of rotatable bonds is 5. The van der Waals surface area contributed by atoms with Gasteiger partial charge in [0.1, 0.15) is 5.75 Å². The molecule has 2 unspecified atom stereocenters. The Morgan fingerprint density at radius 3 is 2.77 bits per heavy atom. The Balaban J connectivity index is 0.00000242. The van der Waals surface area contributed by atoms with Crippen molar-refractivity contribution in [2.75, 3.05) is 13.1 Å². The van der Waals surface area contributed by atoms with E-state index in [4.69, 9.17) is 0 Å². The summed E-state index contributed by atoms with van der Waals surface area (Å²) in [5.74, 6) is 0.0672. The second kappa shape index (κ2) is 7.74. The predicted octanol–water partition coefficient (Wildman–Crippen LogP) is 2.89. The molecule has 0 spiro atoms. The Bertz CT molecular complexity index is 508. The predicted molar refractivity (Wildman–Crippen MR) is 82.5 cm³/mol. The summed E-state index contributed by atoms with van der Waals surface area (Å²) >= 11 is 0. The van der Waals surface area contributed by atoms with E-state index in [1.165, 1.54) is 12.1 Å². The first kappa shape index (κ1) is 18.6. The van der Waals surface area contributed by atoms with Gasteiger partial charge in [-0.25, -0.2) is 0 Å². The lowest BCUT2D eigenvalue weighted by Crippen LogP contribution is -2.41. The van der Waals surface area contributed by atoms with Crippen LogP contribution in [0.4, 0.5) is 8.78 Å². The van der Waals surface area contributed by atoms with Crippen LogP contribution in [-0.4, -0.2) is 25.6 Å². The number of carbonyl (C=O) groups is 1. The van der Waals surface area contributed by atoms with Crippen LogP contribution < -0.4 is 15.4 Å². The third-order valence-electron chi connectivity index (χ3n) is 3.85. The van der Waals surface area contributed by atoms with Gasteiger partial charge < -0.3 is 15.4 Å². The molecule has 2 atom stereocenters. The molecule has 1 aromatic carbocycles. The quantitative estimate of drug-likeness (QED) is 0.870. The maximum absolute atomic E-state index is 12.3. The van der Waals surface area contributed by atoms with Crippen LogP contribution in [0.2, 0.25) is 0 Å². The van der Waals surface area contributed by atoms with E-state index < -0.39 is 12.0 Å². The molecule has 2 rings (SSSR count). The molecule has 0 aromatic heterocycles. The van der Waals surface area contributed by atoms with E-state index in [-0.39, 0.29) is 30.1 Å². The van der Waals surface area contributed by atoms with Crippen molar-refractivity contribution >= 4 is 18.3 Å². The summed E-state index contributed by atoms with van der Waals surface area (Å²) in [5, 5.41) is 6.11. The largest absolute Gasteiger partial charge is 0.435 e. The first-order chi connectivity index (χ1) is 9.90.